The smallest absolute Gasteiger partial charge is 0.236 e. The molecule has 0 bridgehead atoms. The van der Waals surface area contributed by atoms with Gasteiger partial charge >= 0.3 is 0 Å². The van der Waals surface area contributed by atoms with Crippen LogP contribution < -0.4 is 0 Å². The summed E-state index contributed by atoms with van der Waals surface area (Å²) in [6, 6.07) is 6.26. The van der Waals surface area contributed by atoms with Gasteiger partial charge in [-0.1, -0.05) is 39.0 Å². The van der Waals surface area contributed by atoms with Crippen LogP contribution in [0.25, 0.3) is 10.9 Å². The Labute approximate surface area is 130 Å². The largest absolute Gasteiger partial charge is 0.408 e. The molecule has 0 fully saturated rings. The van der Waals surface area contributed by atoms with Gasteiger partial charge in [0.2, 0.25) is 9.76 Å². The molecule has 0 atom stereocenters. The molecule has 0 amide bonds. The first kappa shape index (κ1) is 15.0. The number of halogens is 1. The lowest BCUT2D eigenvalue weighted by Crippen LogP contribution is -2.27. The van der Waals surface area contributed by atoms with Gasteiger partial charge in [0.05, 0.1) is 11.1 Å². The molecule has 1 aromatic heterocycles. The lowest BCUT2D eigenvalue weighted by Gasteiger charge is -2.29. The van der Waals surface area contributed by atoms with Crippen molar-refractivity contribution in [3.8, 4) is 0 Å². The standard InChI is InChI=1S/C14H19IN2OSi/c1-13(2,3)19-18-14(4,5)10-8-6-7-9-11(10)16-17-12(9)15/h6-8H,1-5H3,(H,16,17). The number of aromatic nitrogens is 2. The topological polar surface area (TPSA) is 37.9 Å². The molecule has 5 heteroatoms. The Bertz CT molecular complexity index is 587. The zero-order valence-electron chi connectivity index (χ0n) is 12.0. The number of benzene rings is 1. The number of hydrogen-bond acceptors (Lipinski definition) is 2. The van der Waals surface area contributed by atoms with E-state index in [-0.39, 0.29) is 10.6 Å². The van der Waals surface area contributed by atoms with Crippen LogP contribution >= 0.6 is 22.6 Å². The monoisotopic (exact) mass is 386 g/mol. The number of hydrogen-bond donors (Lipinski definition) is 1. The maximum absolute atomic E-state index is 6.17. The van der Waals surface area contributed by atoms with E-state index in [4.69, 9.17) is 4.43 Å². The van der Waals surface area contributed by atoms with Crippen LogP contribution in [0.1, 0.15) is 40.2 Å². The Morgan fingerprint density at radius 3 is 2.53 bits per heavy atom. The maximum Gasteiger partial charge on any atom is 0.236 e. The fourth-order valence-electron chi connectivity index (χ4n) is 1.83. The summed E-state index contributed by atoms with van der Waals surface area (Å²) in [6.45, 7) is 10.8. The van der Waals surface area contributed by atoms with Gasteiger partial charge in [0.15, 0.2) is 0 Å². The van der Waals surface area contributed by atoms with Crippen molar-refractivity contribution in [3.63, 3.8) is 0 Å². The molecule has 3 nitrogen and oxygen atoms in total. The molecule has 1 aromatic carbocycles. The zero-order valence-corrected chi connectivity index (χ0v) is 15.1. The van der Waals surface area contributed by atoms with Crippen molar-refractivity contribution < 1.29 is 4.43 Å². The lowest BCUT2D eigenvalue weighted by atomic mass is 9.96. The summed E-state index contributed by atoms with van der Waals surface area (Å²) in [7, 11) is 0.457. The Kier molecular flexibility index (Phi) is 4.09. The van der Waals surface area contributed by atoms with Gasteiger partial charge in [0.25, 0.3) is 0 Å². The molecule has 2 rings (SSSR count). The van der Waals surface area contributed by atoms with E-state index in [2.05, 4.69) is 85.6 Å². The molecule has 1 N–H and O–H groups in total. The summed E-state index contributed by atoms with van der Waals surface area (Å²) in [6.07, 6.45) is 0. The van der Waals surface area contributed by atoms with Crippen LogP contribution in [-0.4, -0.2) is 20.0 Å². The Morgan fingerprint density at radius 1 is 1.21 bits per heavy atom. The predicted molar refractivity (Wildman–Crippen MR) is 88.4 cm³/mol. The first-order chi connectivity index (χ1) is 8.71. The van der Waals surface area contributed by atoms with Gasteiger partial charge in [-0.05, 0) is 41.5 Å². The Balaban J connectivity index is 2.37. The molecule has 0 saturated heterocycles. The third-order valence-electron chi connectivity index (χ3n) is 2.80. The van der Waals surface area contributed by atoms with E-state index in [0.717, 1.165) is 20.2 Å². The average Bonchev–Trinajstić information content (AvgIpc) is 2.68. The van der Waals surface area contributed by atoms with Gasteiger partial charge in [0.1, 0.15) is 3.70 Å². The van der Waals surface area contributed by atoms with Crippen molar-refractivity contribution in [2.45, 2.75) is 45.3 Å². The van der Waals surface area contributed by atoms with Gasteiger partial charge in [-0.2, -0.15) is 5.10 Å². The molecule has 0 spiro atoms. The molecule has 19 heavy (non-hydrogen) atoms. The number of H-pyrrole nitrogens is 1. The van der Waals surface area contributed by atoms with Crippen LogP contribution in [0.5, 0.6) is 0 Å². The summed E-state index contributed by atoms with van der Waals surface area (Å²) in [5, 5.41) is 8.81. The molecule has 2 aromatic rings. The normalized spacial score (nSPS) is 13.2. The van der Waals surface area contributed by atoms with Crippen LogP contribution in [0.3, 0.4) is 0 Å². The average molecular weight is 386 g/mol. The third-order valence-corrected chi connectivity index (χ3v) is 4.85. The summed E-state index contributed by atoms with van der Waals surface area (Å²) in [5.74, 6) is 0. The van der Waals surface area contributed by atoms with Crippen molar-refractivity contribution in [1.29, 1.82) is 0 Å². The highest BCUT2D eigenvalue weighted by atomic mass is 127. The maximum atomic E-state index is 6.17. The Hall–Kier alpha value is -0.403. The summed E-state index contributed by atoms with van der Waals surface area (Å²) >= 11 is 2.28. The van der Waals surface area contributed by atoms with Crippen molar-refractivity contribution in [2.24, 2.45) is 0 Å². The zero-order chi connectivity index (χ0) is 14.3. The number of nitrogens with one attached hydrogen (secondary N) is 1. The van der Waals surface area contributed by atoms with Crippen LogP contribution in [0, 0.1) is 3.70 Å². The molecular weight excluding hydrogens is 367 g/mol. The number of nitrogens with zero attached hydrogens (tertiary/aromatic N) is 1. The number of fused-ring (bicyclic) bond motifs is 1. The van der Waals surface area contributed by atoms with E-state index in [9.17, 15) is 0 Å². The molecule has 102 valence electrons. The third kappa shape index (κ3) is 3.38. The highest BCUT2D eigenvalue weighted by molar-refractivity contribution is 14.1. The van der Waals surface area contributed by atoms with Gasteiger partial charge in [0, 0.05) is 10.9 Å². The molecule has 0 saturated carbocycles. The second-order valence-corrected chi connectivity index (χ2v) is 9.19. The fourth-order valence-corrected chi connectivity index (χ4v) is 3.05. The van der Waals surface area contributed by atoms with Gasteiger partial charge in [-0.25, -0.2) is 0 Å². The minimum atomic E-state index is -0.330. The summed E-state index contributed by atoms with van der Waals surface area (Å²) in [4.78, 5) is 0. The highest BCUT2D eigenvalue weighted by Gasteiger charge is 2.28. The summed E-state index contributed by atoms with van der Waals surface area (Å²) < 4.78 is 7.24. The molecule has 0 aliphatic carbocycles. The molecule has 2 radical (unpaired) electrons. The molecule has 1 heterocycles. The number of aromatic amines is 1. The molecular formula is C14H19IN2OSi. The van der Waals surface area contributed by atoms with Gasteiger partial charge in [-0.15, -0.1) is 0 Å². The Morgan fingerprint density at radius 2 is 1.89 bits per heavy atom. The minimum Gasteiger partial charge on any atom is -0.408 e. The van der Waals surface area contributed by atoms with E-state index < -0.39 is 0 Å². The van der Waals surface area contributed by atoms with E-state index in [1.165, 1.54) is 0 Å². The first-order valence-corrected chi connectivity index (χ1v) is 8.28. The van der Waals surface area contributed by atoms with Crippen molar-refractivity contribution in [2.75, 3.05) is 0 Å². The second kappa shape index (κ2) is 5.18. The predicted octanol–water partition coefficient (Wildman–Crippen LogP) is 4.26. The van der Waals surface area contributed by atoms with E-state index in [1.54, 1.807) is 0 Å². The van der Waals surface area contributed by atoms with Crippen LogP contribution in [0.4, 0.5) is 0 Å². The SMILES string of the molecule is CC(C)(C)[Si]OC(C)(C)c1cccc2c(I)[nH]nc12. The quantitative estimate of drug-likeness (QED) is 0.633. The van der Waals surface area contributed by atoms with E-state index in [0.29, 0.717) is 9.76 Å². The minimum absolute atomic E-state index is 0.186. The second-order valence-electron chi connectivity index (χ2n) is 6.20. The summed E-state index contributed by atoms with van der Waals surface area (Å²) in [5.41, 5.74) is 1.82. The van der Waals surface area contributed by atoms with Gasteiger partial charge < -0.3 is 4.43 Å². The molecule has 0 aliphatic rings. The first-order valence-electron chi connectivity index (χ1n) is 6.29. The molecule has 0 aliphatic heterocycles. The van der Waals surface area contributed by atoms with E-state index >= 15 is 0 Å². The highest BCUT2D eigenvalue weighted by Crippen LogP contribution is 2.33. The lowest BCUT2D eigenvalue weighted by molar-refractivity contribution is 0.111. The van der Waals surface area contributed by atoms with Crippen molar-refractivity contribution in [3.05, 3.63) is 27.5 Å². The van der Waals surface area contributed by atoms with Crippen LogP contribution in [-0.2, 0) is 10.0 Å². The van der Waals surface area contributed by atoms with Crippen molar-refractivity contribution >= 4 is 43.3 Å². The number of rotatable bonds is 3. The molecule has 0 unspecified atom stereocenters. The fraction of sp³-hybridized carbons (Fsp3) is 0.500. The van der Waals surface area contributed by atoms with Crippen LogP contribution in [0.15, 0.2) is 18.2 Å². The van der Waals surface area contributed by atoms with Crippen molar-refractivity contribution in [1.82, 2.24) is 10.2 Å². The van der Waals surface area contributed by atoms with Crippen LogP contribution in [0.2, 0.25) is 5.04 Å². The number of para-hydroxylation sites is 1. The van der Waals surface area contributed by atoms with E-state index in [1.807, 2.05) is 0 Å². The van der Waals surface area contributed by atoms with Gasteiger partial charge in [-0.3, -0.25) is 5.10 Å².